The number of nitrogens with one attached hydrogen (secondary N) is 1. The van der Waals surface area contributed by atoms with Crippen LogP contribution in [0.1, 0.15) is 63.0 Å². The van der Waals surface area contributed by atoms with Crippen LogP contribution in [-0.4, -0.2) is 23.6 Å². The molecule has 0 atom stereocenters. The molecule has 0 bridgehead atoms. The van der Waals surface area contributed by atoms with Gasteiger partial charge in [0.25, 0.3) is 0 Å². The summed E-state index contributed by atoms with van der Waals surface area (Å²) in [5.74, 6) is 2.24. The number of methoxy groups -OCH3 is 1. The van der Waals surface area contributed by atoms with Crippen molar-refractivity contribution >= 4 is 5.82 Å². The summed E-state index contributed by atoms with van der Waals surface area (Å²) in [4.78, 5) is 9.49. The molecule has 1 aliphatic rings. The van der Waals surface area contributed by atoms with E-state index in [0.29, 0.717) is 5.92 Å². The zero-order valence-corrected chi connectivity index (χ0v) is 12.7. The number of hydrogen-bond donors (Lipinski definition) is 1. The van der Waals surface area contributed by atoms with Gasteiger partial charge in [-0.2, -0.15) is 0 Å². The van der Waals surface area contributed by atoms with E-state index < -0.39 is 0 Å². The lowest BCUT2D eigenvalue weighted by Crippen LogP contribution is -2.38. The molecule has 1 aliphatic carbocycles. The molecule has 1 aromatic heterocycles. The summed E-state index contributed by atoms with van der Waals surface area (Å²) in [5, 5.41) is 3.38. The van der Waals surface area contributed by atoms with Gasteiger partial charge in [-0.1, -0.05) is 13.8 Å². The molecular formula is C15H25N3O. The molecule has 0 unspecified atom stereocenters. The van der Waals surface area contributed by atoms with Gasteiger partial charge in [-0.05, 0) is 39.0 Å². The van der Waals surface area contributed by atoms with Crippen molar-refractivity contribution < 1.29 is 4.74 Å². The summed E-state index contributed by atoms with van der Waals surface area (Å²) >= 11 is 0. The van der Waals surface area contributed by atoms with Crippen molar-refractivity contribution in [1.29, 1.82) is 0 Å². The number of ether oxygens (including phenoxy) is 1. The highest BCUT2D eigenvalue weighted by atomic mass is 16.5. The summed E-state index contributed by atoms with van der Waals surface area (Å²) in [7, 11) is 1.77. The summed E-state index contributed by atoms with van der Waals surface area (Å²) in [6.45, 7) is 9.40. The highest BCUT2D eigenvalue weighted by molar-refractivity contribution is 5.48. The van der Waals surface area contributed by atoms with Gasteiger partial charge in [0.1, 0.15) is 11.4 Å². The average Bonchev–Trinajstić information content (AvgIpc) is 2.27. The second kappa shape index (κ2) is 5.45. The fourth-order valence-electron chi connectivity index (χ4n) is 2.80. The lowest BCUT2D eigenvalue weighted by molar-refractivity contribution is -0.0846. The molecular weight excluding hydrogens is 238 g/mol. The minimum absolute atomic E-state index is 0.246. The molecule has 0 saturated heterocycles. The molecule has 106 valence electrons. The number of aryl methyl sites for hydroxylation is 1. The van der Waals surface area contributed by atoms with E-state index in [0.717, 1.165) is 36.7 Å². The molecule has 4 heteroatoms. The molecule has 19 heavy (non-hydrogen) atoms. The number of anilines is 1. The first-order chi connectivity index (χ1) is 9.04. The lowest BCUT2D eigenvalue weighted by Gasteiger charge is -2.39. The molecule has 0 aliphatic heterocycles. The quantitative estimate of drug-likeness (QED) is 0.884. The van der Waals surface area contributed by atoms with E-state index >= 15 is 0 Å². The van der Waals surface area contributed by atoms with E-state index in [2.05, 4.69) is 33.0 Å². The Balaban J connectivity index is 2.47. The summed E-state index contributed by atoms with van der Waals surface area (Å²) in [5.41, 5.74) is 2.04. The molecule has 2 rings (SSSR count). The van der Waals surface area contributed by atoms with Crippen LogP contribution in [0, 0.1) is 6.92 Å². The van der Waals surface area contributed by atoms with Gasteiger partial charge in [-0.15, -0.1) is 0 Å². The lowest BCUT2D eigenvalue weighted by atomic mass is 9.79. The van der Waals surface area contributed by atoms with Gasteiger partial charge in [-0.3, -0.25) is 0 Å². The van der Waals surface area contributed by atoms with Crippen LogP contribution in [0.2, 0.25) is 0 Å². The second-order valence-corrected chi connectivity index (χ2v) is 5.63. The Morgan fingerprint density at radius 3 is 2.42 bits per heavy atom. The maximum Gasteiger partial charge on any atom is 0.162 e. The highest BCUT2D eigenvalue weighted by Crippen LogP contribution is 2.43. The first-order valence-electron chi connectivity index (χ1n) is 7.22. The molecule has 1 fully saturated rings. The first kappa shape index (κ1) is 14.3. The monoisotopic (exact) mass is 263 g/mol. The number of nitrogens with zero attached hydrogens (tertiary/aromatic N) is 2. The first-order valence-corrected chi connectivity index (χ1v) is 7.22. The van der Waals surface area contributed by atoms with Crippen LogP contribution in [0.5, 0.6) is 0 Å². The Morgan fingerprint density at radius 1 is 1.32 bits per heavy atom. The summed E-state index contributed by atoms with van der Waals surface area (Å²) in [6.07, 6.45) is 3.24. The van der Waals surface area contributed by atoms with Crippen molar-refractivity contribution in [1.82, 2.24) is 9.97 Å². The Hall–Kier alpha value is -1.16. The smallest absolute Gasteiger partial charge is 0.162 e. The third-order valence-corrected chi connectivity index (χ3v) is 4.02. The summed E-state index contributed by atoms with van der Waals surface area (Å²) in [6, 6.07) is 0. The Bertz CT molecular complexity index is 447. The van der Waals surface area contributed by atoms with Crippen molar-refractivity contribution in [3.05, 3.63) is 17.1 Å². The van der Waals surface area contributed by atoms with Gasteiger partial charge in [0.05, 0.1) is 0 Å². The molecule has 1 heterocycles. The van der Waals surface area contributed by atoms with Gasteiger partial charge in [0.2, 0.25) is 0 Å². The minimum atomic E-state index is -0.246. The van der Waals surface area contributed by atoms with Gasteiger partial charge < -0.3 is 10.1 Å². The fourth-order valence-corrected chi connectivity index (χ4v) is 2.80. The topological polar surface area (TPSA) is 47.0 Å². The van der Waals surface area contributed by atoms with Crippen LogP contribution >= 0.6 is 0 Å². The van der Waals surface area contributed by atoms with Crippen LogP contribution in [0.15, 0.2) is 0 Å². The van der Waals surface area contributed by atoms with Crippen LogP contribution in [0.25, 0.3) is 0 Å². The van der Waals surface area contributed by atoms with E-state index in [9.17, 15) is 0 Å². The van der Waals surface area contributed by atoms with Crippen molar-refractivity contribution in [3.63, 3.8) is 0 Å². The van der Waals surface area contributed by atoms with Gasteiger partial charge in [0, 0.05) is 24.9 Å². The van der Waals surface area contributed by atoms with Crippen LogP contribution in [0.4, 0.5) is 5.82 Å². The second-order valence-electron chi connectivity index (χ2n) is 5.63. The zero-order valence-electron chi connectivity index (χ0n) is 12.7. The van der Waals surface area contributed by atoms with Gasteiger partial charge in [-0.25, -0.2) is 9.97 Å². The molecule has 1 saturated carbocycles. The Labute approximate surface area is 116 Å². The SMILES string of the molecule is CCNc1nc(C2(OC)CCC2)nc(C)c1C(C)C. The van der Waals surface area contributed by atoms with Crippen LogP contribution in [-0.2, 0) is 10.3 Å². The van der Waals surface area contributed by atoms with E-state index in [-0.39, 0.29) is 5.60 Å². The Morgan fingerprint density at radius 2 is 2.00 bits per heavy atom. The molecule has 4 nitrogen and oxygen atoms in total. The van der Waals surface area contributed by atoms with E-state index in [4.69, 9.17) is 14.7 Å². The predicted molar refractivity (Wildman–Crippen MR) is 77.6 cm³/mol. The zero-order chi connectivity index (χ0) is 14.0. The van der Waals surface area contributed by atoms with E-state index in [1.165, 1.54) is 12.0 Å². The third-order valence-electron chi connectivity index (χ3n) is 4.02. The standard InChI is InChI=1S/C15H25N3O/c1-6-16-13-12(10(2)3)11(4)17-14(18-13)15(19-5)8-7-9-15/h10H,6-9H2,1-5H3,(H,16,17,18). The van der Waals surface area contributed by atoms with Gasteiger partial charge >= 0.3 is 0 Å². The molecule has 1 N–H and O–H groups in total. The largest absolute Gasteiger partial charge is 0.370 e. The van der Waals surface area contributed by atoms with E-state index in [1.54, 1.807) is 7.11 Å². The Kier molecular flexibility index (Phi) is 4.09. The van der Waals surface area contributed by atoms with E-state index in [1.807, 2.05) is 0 Å². The molecule has 0 radical (unpaired) electrons. The average molecular weight is 263 g/mol. The minimum Gasteiger partial charge on any atom is -0.370 e. The van der Waals surface area contributed by atoms with Crippen LogP contribution in [0.3, 0.4) is 0 Å². The fraction of sp³-hybridized carbons (Fsp3) is 0.733. The molecule has 1 aromatic rings. The maximum atomic E-state index is 5.70. The van der Waals surface area contributed by atoms with Crippen molar-refractivity contribution in [2.24, 2.45) is 0 Å². The highest BCUT2D eigenvalue weighted by Gasteiger charge is 2.42. The molecule has 0 spiro atoms. The predicted octanol–water partition coefficient (Wildman–Crippen LogP) is 3.37. The number of aromatic nitrogens is 2. The normalized spacial score (nSPS) is 17.4. The van der Waals surface area contributed by atoms with Crippen molar-refractivity contribution in [3.8, 4) is 0 Å². The number of rotatable bonds is 5. The molecule has 0 aromatic carbocycles. The third kappa shape index (κ3) is 2.46. The van der Waals surface area contributed by atoms with Crippen molar-refractivity contribution in [2.45, 2.75) is 58.5 Å². The maximum absolute atomic E-state index is 5.70. The summed E-state index contributed by atoms with van der Waals surface area (Å²) < 4.78 is 5.70. The number of hydrogen-bond acceptors (Lipinski definition) is 4. The van der Waals surface area contributed by atoms with Crippen molar-refractivity contribution in [2.75, 3.05) is 19.0 Å². The van der Waals surface area contributed by atoms with Gasteiger partial charge in [0.15, 0.2) is 5.82 Å². The molecule has 0 amide bonds. The van der Waals surface area contributed by atoms with Crippen LogP contribution < -0.4 is 5.32 Å².